The van der Waals surface area contributed by atoms with Gasteiger partial charge in [-0.15, -0.1) is 0 Å². The number of carbonyl (C=O) groups excluding carboxylic acids is 1. The summed E-state index contributed by atoms with van der Waals surface area (Å²) in [6.07, 6.45) is 2.53. The van der Waals surface area contributed by atoms with Crippen LogP contribution >= 0.6 is 0 Å². The van der Waals surface area contributed by atoms with Crippen molar-refractivity contribution in [1.82, 2.24) is 5.32 Å². The molecule has 0 bridgehead atoms. The lowest BCUT2D eigenvalue weighted by Crippen LogP contribution is -2.33. The summed E-state index contributed by atoms with van der Waals surface area (Å²) in [4.78, 5) is 11.5. The van der Waals surface area contributed by atoms with Crippen molar-refractivity contribution in [2.45, 2.75) is 27.2 Å². The van der Waals surface area contributed by atoms with Crippen LogP contribution in [-0.2, 0) is 0 Å². The lowest BCUT2D eigenvalue weighted by atomic mass is 9.90. The molecule has 0 saturated carbocycles. The number of furan rings is 1. The van der Waals surface area contributed by atoms with Gasteiger partial charge in [0.05, 0.1) is 6.26 Å². The van der Waals surface area contributed by atoms with Crippen LogP contribution in [0.2, 0.25) is 0 Å². The minimum absolute atomic E-state index is 0.141. The van der Waals surface area contributed by atoms with Crippen molar-refractivity contribution >= 4 is 5.91 Å². The summed E-state index contributed by atoms with van der Waals surface area (Å²) < 4.78 is 4.98. The minimum atomic E-state index is -0.142. The van der Waals surface area contributed by atoms with Crippen molar-refractivity contribution in [1.29, 1.82) is 0 Å². The molecule has 0 aliphatic carbocycles. The topological polar surface area (TPSA) is 42.2 Å². The molecule has 1 aromatic rings. The Morgan fingerprint density at radius 1 is 1.57 bits per heavy atom. The fourth-order valence-corrected chi connectivity index (χ4v) is 0.939. The van der Waals surface area contributed by atoms with Crippen LogP contribution in [0.5, 0.6) is 0 Å². The molecule has 1 rings (SSSR count). The second-order valence-corrected chi connectivity index (χ2v) is 4.18. The monoisotopic (exact) mass is 195 g/mol. The van der Waals surface area contributed by atoms with Crippen molar-refractivity contribution in [3.05, 3.63) is 24.2 Å². The van der Waals surface area contributed by atoms with E-state index < -0.39 is 0 Å². The number of amides is 1. The van der Waals surface area contributed by atoms with E-state index in [1.807, 2.05) is 0 Å². The Hall–Kier alpha value is -1.25. The summed E-state index contributed by atoms with van der Waals surface area (Å²) >= 11 is 0. The van der Waals surface area contributed by atoms with Crippen LogP contribution in [0.15, 0.2) is 22.8 Å². The lowest BCUT2D eigenvalue weighted by Gasteiger charge is -2.22. The van der Waals surface area contributed by atoms with Crippen LogP contribution in [0.1, 0.15) is 37.7 Å². The van der Waals surface area contributed by atoms with Crippen molar-refractivity contribution in [3.8, 4) is 0 Å². The molecule has 0 aliphatic rings. The summed E-state index contributed by atoms with van der Waals surface area (Å²) in [5.41, 5.74) is 0.141. The third-order valence-electron chi connectivity index (χ3n) is 2.43. The van der Waals surface area contributed by atoms with Gasteiger partial charge in [0.25, 0.3) is 5.91 Å². The van der Waals surface area contributed by atoms with Gasteiger partial charge in [-0.05, 0) is 24.0 Å². The Kier molecular flexibility index (Phi) is 3.33. The SMILES string of the molecule is CCC(C)(C)CNC(=O)c1ccco1. The smallest absolute Gasteiger partial charge is 0.286 e. The molecule has 0 spiro atoms. The first kappa shape index (κ1) is 10.8. The normalized spacial score (nSPS) is 11.4. The van der Waals surface area contributed by atoms with Crippen molar-refractivity contribution in [3.63, 3.8) is 0 Å². The third-order valence-corrected chi connectivity index (χ3v) is 2.43. The first-order valence-corrected chi connectivity index (χ1v) is 4.87. The van der Waals surface area contributed by atoms with Crippen molar-refractivity contribution in [2.24, 2.45) is 5.41 Å². The first-order valence-electron chi connectivity index (χ1n) is 4.87. The zero-order chi connectivity index (χ0) is 10.6. The quantitative estimate of drug-likeness (QED) is 0.801. The molecule has 0 unspecified atom stereocenters. The zero-order valence-electron chi connectivity index (χ0n) is 8.96. The highest BCUT2D eigenvalue weighted by molar-refractivity contribution is 5.91. The van der Waals surface area contributed by atoms with E-state index in [0.29, 0.717) is 12.3 Å². The maximum atomic E-state index is 11.5. The molecule has 1 aromatic heterocycles. The Balaban J connectivity index is 2.43. The lowest BCUT2D eigenvalue weighted by molar-refractivity contribution is 0.0908. The molecule has 14 heavy (non-hydrogen) atoms. The van der Waals surface area contributed by atoms with Crippen molar-refractivity contribution < 1.29 is 9.21 Å². The van der Waals surface area contributed by atoms with E-state index in [-0.39, 0.29) is 11.3 Å². The Morgan fingerprint density at radius 2 is 2.29 bits per heavy atom. The van der Waals surface area contributed by atoms with Gasteiger partial charge in [-0.25, -0.2) is 0 Å². The van der Waals surface area contributed by atoms with E-state index in [0.717, 1.165) is 6.42 Å². The van der Waals surface area contributed by atoms with Crippen LogP contribution in [0.4, 0.5) is 0 Å². The molecule has 78 valence electrons. The van der Waals surface area contributed by atoms with E-state index in [1.54, 1.807) is 12.1 Å². The molecule has 1 heterocycles. The van der Waals surface area contributed by atoms with Gasteiger partial charge in [-0.3, -0.25) is 4.79 Å². The number of carbonyl (C=O) groups is 1. The van der Waals surface area contributed by atoms with Crippen LogP contribution in [-0.4, -0.2) is 12.5 Å². The average Bonchev–Trinajstić information content (AvgIpc) is 2.67. The maximum Gasteiger partial charge on any atom is 0.286 e. The molecule has 3 nitrogen and oxygen atoms in total. The fourth-order valence-electron chi connectivity index (χ4n) is 0.939. The summed E-state index contributed by atoms with van der Waals surface area (Å²) in [5.74, 6) is 0.230. The second-order valence-electron chi connectivity index (χ2n) is 4.18. The van der Waals surface area contributed by atoms with E-state index in [4.69, 9.17) is 4.42 Å². The highest BCUT2D eigenvalue weighted by Crippen LogP contribution is 2.17. The van der Waals surface area contributed by atoms with Gasteiger partial charge in [-0.2, -0.15) is 0 Å². The first-order chi connectivity index (χ1) is 6.55. The Morgan fingerprint density at radius 3 is 2.79 bits per heavy atom. The Labute approximate surface area is 84.5 Å². The number of hydrogen-bond acceptors (Lipinski definition) is 2. The summed E-state index contributed by atoms with van der Waals surface area (Å²) in [6.45, 7) is 7.02. The summed E-state index contributed by atoms with van der Waals surface area (Å²) in [7, 11) is 0. The molecule has 0 fully saturated rings. The van der Waals surface area contributed by atoms with E-state index in [9.17, 15) is 4.79 Å². The Bertz CT molecular complexity index is 288. The van der Waals surface area contributed by atoms with Gasteiger partial charge >= 0.3 is 0 Å². The standard InChI is InChI=1S/C11H17NO2/c1-4-11(2,3)8-12-10(13)9-6-5-7-14-9/h5-7H,4,8H2,1-3H3,(H,12,13). The number of hydrogen-bond donors (Lipinski definition) is 1. The minimum Gasteiger partial charge on any atom is -0.459 e. The van der Waals surface area contributed by atoms with Crippen LogP contribution in [0, 0.1) is 5.41 Å². The van der Waals surface area contributed by atoms with Gasteiger partial charge in [0.15, 0.2) is 5.76 Å². The average molecular weight is 195 g/mol. The molecule has 1 N–H and O–H groups in total. The van der Waals surface area contributed by atoms with Crippen LogP contribution in [0.3, 0.4) is 0 Å². The summed E-state index contributed by atoms with van der Waals surface area (Å²) in [6, 6.07) is 3.37. The van der Waals surface area contributed by atoms with E-state index in [1.165, 1.54) is 6.26 Å². The molecule has 0 aliphatic heterocycles. The highest BCUT2D eigenvalue weighted by atomic mass is 16.3. The molecule has 3 heteroatoms. The van der Waals surface area contributed by atoms with Gasteiger partial charge in [0.2, 0.25) is 0 Å². The number of nitrogens with one attached hydrogen (secondary N) is 1. The highest BCUT2D eigenvalue weighted by Gasteiger charge is 2.17. The van der Waals surface area contributed by atoms with Crippen LogP contribution in [0.25, 0.3) is 0 Å². The second kappa shape index (κ2) is 4.31. The van der Waals surface area contributed by atoms with Crippen LogP contribution < -0.4 is 5.32 Å². The van der Waals surface area contributed by atoms with E-state index >= 15 is 0 Å². The van der Waals surface area contributed by atoms with E-state index in [2.05, 4.69) is 26.1 Å². The number of rotatable bonds is 4. The fraction of sp³-hybridized carbons (Fsp3) is 0.545. The molecule has 0 aromatic carbocycles. The van der Waals surface area contributed by atoms with Gasteiger partial charge in [0, 0.05) is 6.54 Å². The molecule has 1 amide bonds. The predicted molar refractivity (Wildman–Crippen MR) is 55.1 cm³/mol. The predicted octanol–water partition coefficient (Wildman–Crippen LogP) is 2.45. The molecule has 0 radical (unpaired) electrons. The zero-order valence-corrected chi connectivity index (χ0v) is 8.96. The molecule has 0 saturated heterocycles. The van der Waals surface area contributed by atoms with Gasteiger partial charge in [0.1, 0.15) is 0 Å². The molecular formula is C11H17NO2. The largest absolute Gasteiger partial charge is 0.459 e. The van der Waals surface area contributed by atoms with Gasteiger partial charge in [-0.1, -0.05) is 20.8 Å². The molecule has 0 atom stereocenters. The molecular weight excluding hydrogens is 178 g/mol. The maximum absolute atomic E-state index is 11.5. The summed E-state index contributed by atoms with van der Waals surface area (Å²) in [5, 5.41) is 2.84. The van der Waals surface area contributed by atoms with Crippen molar-refractivity contribution in [2.75, 3.05) is 6.54 Å². The van der Waals surface area contributed by atoms with Gasteiger partial charge < -0.3 is 9.73 Å². The third kappa shape index (κ3) is 2.91.